The maximum absolute atomic E-state index is 12.0. The Hall–Kier alpha value is -1.14. The van der Waals surface area contributed by atoms with Crippen LogP contribution in [0.15, 0.2) is 10.2 Å². The second kappa shape index (κ2) is 6.34. The Morgan fingerprint density at radius 1 is 1.58 bits per heavy atom. The summed E-state index contributed by atoms with van der Waals surface area (Å²) >= 11 is 1.20. The molecule has 1 aliphatic heterocycles. The van der Waals surface area contributed by atoms with Crippen molar-refractivity contribution >= 4 is 17.2 Å². The molecule has 0 aromatic carbocycles. The average molecular weight is 284 g/mol. The van der Waals surface area contributed by atoms with Crippen LogP contribution >= 0.6 is 11.3 Å². The molecule has 1 amide bonds. The van der Waals surface area contributed by atoms with E-state index in [1.165, 1.54) is 11.3 Å². The van der Waals surface area contributed by atoms with Crippen LogP contribution in [0.5, 0.6) is 0 Å². The normalized spacial score (nSPS) is 19.1. The van der Waals surface area contributed by atoms with Crippen molar-refractivity contribution in [1.29, 1.82) is 0 Å². The van der Waals surface area contributed by atoms with Gasteiger partial charge in [0.25, 0.3) is 0 Å². The Morgan fingerprint density at radius 2 is 2.37 bits per heavy atom. The van der Waals surface area contributed by atoms with E-state index < -0.39 is 0 Å². The van der Waals surface area contributed by atoms with E-state index in [0.29, 0.717) is 19.4 Å². The predicted molar refractivity (Wildman–Crippen MR) is 74.4 cm³/mol. The first-order valence-corrected chi connectivity index (χ1v) is 7.56. The number of thiazole rings is 1. The number of hydrogen-bond acceptors (Lipinski definition) is 4. The number of likely N-dealkylation sites (tertiary alicyclic amines) is 1. The highest BCUT2D eigenvalue weighted by atomic mass is 32.1. The van der Waals surface area contributed by atoms with Crippen LogP contribution in [-0.4, -0.2) is 39.7 Å². The number of aryl methyl sites for hydroxylation is 1. The Bertz CT molecular complexity index is 494. The summed E-state index contributed by atoms with van der Waals surface area (Å²) in [6, 6.07) is -0.00175. The van der Waals surface area contributed by atoms with E-state index >= 15 is 0 Å². The Labute approximate surface area is 116 Å². The molecule has 19 heavy (non-hydrogen) atoms. The topological polar surface area (TPSA) is 62.5 Å². The number of carbonyl (C=O) groups is 1. The quantitative estimate of drug-likeness (QED) is 0.877. The SMILES string of the molecule is Cc1csc(=O)n1CCCC(=O)N1CCC[C@H]1CO. The van der Waals surface area contributed by atoms with Crippen molar-refractivity contribution in [2.24, 2.45) is 0 Å². The number of aliphatic hydroxyl groups is 1. The standard InChI is InChI=1S/C13H20N2O3S/c1-10-9-19-13(18)14(10)6-3-5-12(17)15-7-2-4-11(15)8-16/h9,11,16H,2-8H2,1H3/t11-/m0/s1. The first-order chi connectivity index (χ1) is 9.13. The molecule has 0 bridgehead atoms. The van der Waals surface area contributed by atoms with E-state index in [4.69, 9.17) is 0 Å². The first kappa shape index (κ1) is 14.3. The van der Waals surface area contributed by atoms with E-state index in [1.54, 1.807) is 9.47 Å². The molecule has 1 aromatic rings. The lowest BCUT2D eigenvalue weighted by Gasteiger charge is -2.23. The molecule has 1 atom stereocenters. The van der Waals surface area contributed by atoms with Gasteiger partial charge in [-0.2, -0.15) is 0 Å². The van der Waals surface area contributed by atoms with Gasteiger partial charge < -0.3 is 14.6 Å². The Morgan fingerprint density at radius 3 is 3.00 bits per heavy atom. The van der Waals surface area contributed by atoms with Crippen molar-refractivity contribution in [2.75, 3.05) is 13.2 Å². The van der Waals surface area contributed by atoms with Crippen LogP contribution < -0.4 is 4.87 Å². The van der Waals surface area contributed by atoms with Crippen LogP contribution in [0.4, 0.5) is 0 Å². The monoisotopic (exact) mass is 284 g/mol. The van der Waals surface area contributed by atoms with Gasteiger partial charge in [0.2, 0.25) is 5.91 Å². The zero-order valence-electron chi connectivity index (χ0n) is 11.2. The molecule has 6 heteroatoms. The molecule has 1 fully saturated rings. The van der Waals surface area contributed by atoms with E-state index in [0.717, 1.165) is 25.1 Å². The lowest BCUT2D eigenvalue weighted by Crippen LogP contribution is -2.37. The van der Waals surface area contributed by atoms with Gasteiger partial charge >= 0.3 is 4.87 Å². The fraction of sp³-hybridized carbons (Fsp3) is 0.692. The van der Waals surface area contributed by atoms with Crippen molar-refractivity contribution in [3.63, 3.8) is 0 Å². The smallest absolute Gasteiger partial charge is 0.307 e. The summed E-state index contributed by atoms with van der Waals surface area (Å²) in [5, 5.41) is 11.0. The van der Waals surface area contributed by atoms with Gasteiger partial charge in [0, 0.05) is 30.6 Å². The number of nitrogens with zero attached hydrogens (tertiary/aromatic N) is 2. The van der Waals surface area contributed by atoms with E-state index in [9.17, 15) is 14.7 Å². The molecule has 0 saturated carbocycles. The summed E-state index contributed by atoms with van der Waals surface area (Å²) in [5.74, 6) is 0.0949. The van der Waals surface area contributed by atoms with Crippen molar-refractivity contribution in [3.8, 4) is 0 Å². The van der Waals surface area contributed by atoms with Gasteiger partial charge in [-0.15, -0.1) is 0 Å². The zero-order chi connectivity index (χ0) is 13.8. The third-order valence-corrected chi connectivity index (χ3v) is 4.54. The molecule has 0 radical (unpaired) electrons. The molecule has 0 aliphatic carbocycles. The first-order valence-electron chi connectivity index (χ1n) is 6.68. The molecule has 5 nitrogen and oxygen atoms in total. The van der Waals surface area contributed by atoms with E-state index in [1.807, 2.05) is 12.3 Å². The predicted octanol–water partition coefficient (Wildman–Crippen LogP) is 0.982. The minimum Gasteiger partial charge on any atom is -0.394 e. The highest BCUT2D eigenvalue weighted by Crippen LogP contribution is 2.18. The molecule has 106 valence electrons. The third kappa shape index (κ3) is 3.25. The minimum absolute atomic E-state index is 0.00175. The second-order valence-electron chi connectivity index (χ2n) is 4.96. The summed E-state index contributed by atoms with van der Waals surface area (Å²) in [5.41, 5.74) is 0.955. The molecule has 0 unspecified atom stereocenters. The van der Waals surface area contributed by atoms with Crippen LogP contribution in [0.25, 0.3) is 0 Å². The number of hydrogen-bond donors (Lipinski definition) is 1. The summed E-state index contributed by atoms with van der Waals surface area (Å²) < 4.78 is 1.71. The lowest BCUT2D eigenvalue weighted by atomic mass is 10.2. The van der Waals surface area contributed by atoms with E-state index in [-0.39, 0.29) is 23.4 Å². The van der Waals surface area contributed by atoms with Crippen LogP contribution in [0.2, 0.25) is 0 Å². The van der Waals surface area contributed by atoms with Crippen molar-refractivity contribution in [3.05, 3.63) is 20.7 Å². The van der Waals surface area contributed by atoms with Crippen molar-refractivity contribution in [1.82, 2.24) is 9.47 Å². The molecule has 1 saturated heterocycles. The third-order valence-electron chi connectivity index (χ3n) is 3.66. The average Bonchev–Trinajstić information content (AvgIpc) is 2.99. The van der Waals surface area contributed by atoms with Gasteiger partial charge in [-0.3, -0.25) is 9.59 Å². The highest BCUT2D eigenvalue weighted by Gasteiger charge is 2.27. The summed E-state index contributed by atoms with van der Waals surface area (Å²) in [6.45, 7) is 3.30. The van der Waals surface area contributed by atoms with Crippen LogP contribution in [0.1, 0.15) is 31.4 Å². The molecule has 2 rings (SSSR count). The summed E-state index contributed by atoms with van der Waals surface area (Å²) in [6.07, 6.45) is 2.98. The number of aliphatic hydroxyl groups excluding tert-OH is 1. The highest BCUT2D eigenvalue weighted by molar-refractivity contribution is 7.07. The lowest BCUT2D eigenvalue weighted by molar-refractivity contribution is -0.132. The van der Waals surface area contributed by atoms with Gasteiger partial charge in [-0.1, -0.05) is 11.3 Å². The maximum atomic E-state index is 12.0. The van der Waals surface area contributed by atoms with Crippen LogP contribution in [-0.2, 0) is 11.3 Å². The number of carbonyl (C=O) groups excluding carboxylic acids is 1. The summed E-state index contributed by atoms with van der Waals surface area (Å²) in [4.78, 5) is 25.4. The number of amides is 1. The van der Waals surface area contributed by atoms with Gasteiger partial charge in [0.15, 0.2) is 0 Å². The van der Waals surface area contributed by atoms with Crippen molar-refractivity contribution in [2.45, 2.75) is 45.2 Å². The molecular weight excluding hydrogens is 264 g/mol. The van der Waals surface area contributed by atoms with Gasteiger partial charge in [-0.25, -0.2) is 0 Å². The van der Waals surface area contributed by atoms with Gasteiger partial charge in [0.1, 0.15) is 0 Å². The second-order valence-corrected chi connectivity index (χ2v) is 5.78. The molecular formula is C13H20N2O3S. The largest absolute Gasteiger partial charge is 0.394 e. The van der Waals surface area contributed by atoms with Crippen LogP contribution in [0.3, 0.4) is 0 Å². The molecule has 2 heterocycles. The summed E-state index contributed by atoms with van der Waals surface area (Å²) in [7, 11) is 0. The van der Waals surface area contributed by atoms with E-state index in [2.05, 4.69) is 0 Å². The Kier molecular flexibility index (Phi) is 4.76. The minimum atomic E-state index is -0.00175. The maximum Gasteiger partial charge on any atom is 0.307 e. The van der Waals surface area contributed by atoms with Crippen molar-refractivity contribution < 1.29 is 9.90 Å². The molecule has 0 spiro atoms. The number of aromatic nitrogens is 1. The number of rotatable bonds is 5. The molecule has 1 aromatic heterocycles. The molecule has 1 aliphatic rings. The molecule has 1 N–H and O–H groups in total. The van der Waals surface area contributed by atoms with Gasteiger partial charge in [-0.05, 0) is 26.2 Å². The zero-order valence-corrected chi connectivity index (χ0v) is 12.0. The fourth-order valence-electron chi connectivity index (χ4n) is 2.56. The Balaban J connectivity index is 1.83. The fourth-order valence-corrected chi connectivity index (χ4v) is 3.32. The van der Waals surface area contributed by atoms with Gasteiger partial charge in [0.05, 0.1) is 12.6 Å². The van der Waals surface area contributed by atoms with Crippen LogP contribution in [0, 0.1) is 6.92 Å².